The maximum atomic E-state index is 13.0. The lowest BCUT2D eigenvalue weighted by Crippen LogP contribution is -2.30. The predicted molar refractivity (Wildman–Crippen MR) is 94.9 cm³/mol. The Hall–Kier alpha value is -2.59. The molecule has 1 amide bonds. The summed E-state index contributed by atoms with van der Waals surface area (Å²) in [5.74, 6) is 0.0106. The van der Waals surface area contributed by atoms with Gasteiger partial charge in [-0.2, -0.15) is 0 Å². The summed E-state index contributed by atoms with van der Waals surface area (Å²) in [4.78, 5) is 16.3. The number of nitrogens with two attached hydrogens (primary N) is 1. The van der Waals surface area contributed by atoms with Crippen molar-refractivity contribution >= 4 is 28.6 Å². The van der Waals surface area contributed by atoms with Gasteiger partial charge in [0.2, 0.25) is 0 Å². The zero-order chi connectivity index (χ0) is 15.8. The van der Waals surface area contributed by atoms with Crippen molar-refractivity contribution in [2.75, 3.05) is 10.6 Å². The number of amides is 1. The fourth-order valence-corrected chi connectivity index (χ4v) is 3.90. The highest BCUT2D eigenvalue weighted by atomic mass is 32.1. The number of anilines is 2. The minimum Gasteiger partial charge on any atom is -0.399 e. The summed E-state index contributed by atoms with van der Waals surface area (Å²) in [6.07, 6.45) is 0.884. The molecule has 0 radical (unpaired) electrons. The minimum atomic E-state index is 0.0106. The molecule has 4 rings (SSSR count). The van der Waals surface area contributed by atoms with Crippen molar-refractivity contribution in [3.8, 4) is 0 Å². The third kappa shape index (κ3) is 2.51. The summed E-state index contributed by atoms with van der Waals surface area (Å²) in [7, 11) is 0. The van der Waals surface area contributed by atoms with E-state index in [1.54, 1.807) is 35.6 Å². The van der Waals surface area contributed by atoms with Gasteiger partial charge in [0.1, 0.15) is 0 Å². The van der Waals surface area contributed by atoms with Gasteiger partial charge in [-0.15, -0.1) is 11.3 Å². The number of thiophene rings is 1. The molecule has 2 aromatic carbocycles. The summed E-state index contributed by atoms with van der Waals surface area (Å²) in [5, 5.41) is 2.10. The summed E-state index contributed by atoms with van der Waals surface area (Å²) >= 11 is 1.76. The number of rotatable bonds is 1. The maximum Gasteiger partial charge on any atom is 0.258 e. The van der Waals surface area contributed by atoms with Crippen molar-refractivity contribution in [1.29, 1.82) is 0 Å². The van der Waals surface area contributed by atoms with Crippen LogP contribution in [0.25, 0.3) is 0 Å². The third-order valence-electron chi connectivity index (χ3n) is 4.20. The topological polar surface area (TPSA) is 46.3 Å². The van der Waals surface area contributed by atoms with E-state index < -0.39 is 0 Å². The molecule has 0 fully saturated rings. The zero-order valence-electron chi connectivity index (χ0n) is 12.5. The Morgan fingerprint density at radius 2 is 1.78 bits per heavy atom. The Morgan fingerprint density at radius 1 is 1.00 bits per heavy atom. The summed E-state index contributed by atoms with van der Waals surface area (Å²) in [6, 6.07) is 17.4. The molecular weight excluding hydrogens is 304 g/mol. The molecule has 0 saturated heterocycles. The smallest absolute Gasteiger partial charge is 0.258 e. The van der Waals surface area contributed by atoms with Crippen LogP contribution in [0.3, 0.4) is 0 Å². The standard InChI is InChI=1S/C19H16N2OS/c20-16-7-5-13(6-8-16)19(22)21-12-15-9-10-23-18(15)11-14-3-1-2-4-17(14)21/h1-10H,11-12,20H2. The van der Waals surface area contributed by atoms with Crippen LogP contribution in [0.15, 0.2) is 60.0 Å². The first-order chi connectivity index (χ1) is 11.2. The molecule has 23 heavy (non-hydrogen) atoms. The molecular formula is C19H16N2OS. The van der Waals surface area contributed by atoms with Crippen molar-refractivity contribution in [3.05, 3.63) is 81.5 Å². The summed E-state index contributed by atoms with van der Waals surface area (Å²) in [5.41, 5.74) is 10.5. The number of nitrogen functional groups attached to an aromatic ring is 1. The van der Waals surface area contributed by atoms with Gasteiger partial charge < -0.3 is 10.6 Å². The highest BCUT2D eigenvalue weighted by Gasteiger charge is 2.25. The van der Waals surface area contributed by atoms with Gasteiger partial charge in [0.25, 0.3) is 5.91 Å². The lowest BCUT2D eigenvalue weighted by molar-refractivity contribution is 0.0985. The van der Waals surface area contributed by atoms with Crippen molar-refractivity contribution in [1.82, 2.24) is 0 Å². The van der Waals surface area contributed by atoms with Gasteiger partial charge in [0.15, 0.2) is 0 Å². The predicted octanol–water partition coefficient (Wildman–Crippen LogP) is 4.08. The first-order valence-corrected chi connectivity index (χ1v) is 8.41. The Morgan fingerprint density at radius 3 is 2.61 bits per heavy atom. The van der Waals surface area contributed by atoms with Crippen molar-refractivity contribution < 1.29 is 4.79 Å². The number of nitrogens with zero attached hydrogens (tertiary/aromatic N) is 1. The van der Waals surface area contributed by atoms with Gasteiger partial charge in [-0.25, -0.2) is 0 Å². The van der Waals surface area contributed by atoms with Crippen LogP contribution in [0.4, 0.5) is 11.4 Å². The molecule has 1 aliphatic rings. The highest BCUT2D eigenvalue weighted by Crippen LogP contribution is 2.33. The monoisotopic (exact) mass is 320 g/mol. The van der Waals surface area contributed by atoms with Gasteiger partial charge in [0.05, 0.1) is 6.54 Å². The molecule has 1 aromatic heterocycles. The molecule has 1 aliphatic heterocycles. The van der Waals surface area contributed by atoms with Crippen molar-refractivity contribution in [2.24, 2.45) is 0 Å². The molecule has 4 heteroatoms. The van der Waals surface area contributed by atoms with E-state index >= 15 is 0 Å². The Bertz CT molecular complexity index is 867. The zero-order valence-corrected chi connectivity index (χ0v) is 13.3. The van der Waals surface area contributed by atoms with Gasteiger partial charge in [-0.05, 0) is 52.9 Å². The van der Waals surface area contributed by atoms with Crippen molar-refractivity contribution in [2.45, 2.75) is 13.0 Å². The van der Waals surface area contributed by atoms with E-state index in [-0.39, 0.29) is 5.91 Å². The van der Waals surface area contributed by atoms with E-state index in [9.17, 15) is 4.79 Å². The average Bonchev–Trinajstić information content (AvgIpc) is 2.94. The van der Waals surface area contributed by atoms with Crippen LogP contribution >= 0.6 is 11.3 Å². The number of carbonyl (C=O) groups is 1. The fourth-order valence-electron chi connectivity index (χ4n) is 2.98. The average molecular weight is 320 g/mol. The maximum absolute atomic E-state index is 13.0. The summed E-state index contributed by atoms with van der Waals surface area (Å²) in [6.45, 7) is 0.610. The van der Waals surface area contributed by atoms with Crippen LogP contribution in [0.1, 0.15) is 26.4 Å². The lowest BCUT2D eigenvalue weighted by atomic mass is 10.1. The molecule has 2 N–H and O–H groups in total. The van der Waals surface area contributed by atoms with Crippen LogP contribution in [-0.4, -0.2) is 5.91 Å². The Labute approximate surface area is 139 Å². The SMILES string of the molecule is Nc1ccc(C(=O)N2Cc3ccsc3Cc3ccccc32)cc1. The highest BCUT2D eigenvalue weighted by molar-refractivity contribution is 7.10. The van der Waals surface area contributed by atoms with Crippen LogP contribution < -0.4 is 10.6 Å². The van der Waals surface area contributed by atoms with Gasteiger partial charge in [-0.1, -0.05) is 18.2 Å². The number of hydrogen-bond acceptors (Lipinski definition) is 3. The van der Waals surface area contributed by atoms with E-state index in [0.717, 1.165) is 12.1 Å². The van der Waals surface area contributed by atoms with Gasteiger partial charge in [-0.3, -0.25) is 4.79 Å². The normalized spacial score (nSPS) is 13.1. The van der Waals surface area contributed by atoms with Crippen molar-refractivity contribution in [3.63, 3.8) is 0 Å². The van der Waals surface area contributed by atoms with E-state index in [0.29, 0.717) is 17.8 Å². The van der Waals surface area contributed by atoms with Gasteiger partial charge >= 0.3 is 0 Å². The van der Waals surface area contributed by atoms with Crippen LogP contribution in [0.2, 0.25) is 0 Å². The molecule has 3 nitrogen and oxygen atoms in total. The van der Waals surface area contributed by atoms with E-state index in [4.69, 9.17) is 5.73 Å². The summed E-state index contributed by atoms with van der Waals surface area (Å²) < 4.78 is 0. The number of benzene rings is 2. The second-order valence-corrected chi connectivity index (χ2v) is 6.69. The molecule has 114 valence electrons. The molecule has 0 unspecified atom stereocenters. The molecule has 3 aromatic rings. The van der Waals surface area contributed by atoms with E-state index in [1.807, 2.05) is 23.1 Å². The number of fused-ring (bicyclic) bond motifs is 2. The Kier molecular flexibility index (Phi) is 3.39. The fraction of sp³-hybridized carbons (Fsp3) is 0.105. The van der Waals surface area contributed by atoms with E-state index in [1.165, 1.54) is 16.0 Å². The molecule has 0 saturated carbocycles. The van der Waals surface area contributed by atoms with Crippen LogP contribution in [-0.2, 0) is 13.0 Å². The molecule has 0 spiro atoms. The quantitative estimate of drug-likeness (QED) is 0.687. The molecule has 0 aliphatic carbocycles. The van der Waals surface area contributed by atoms with Crippen LogP contribution in [0.5, 0.6) is 0 Å². The van der Waals surface area contributed by atoms with E-state index in [2.05, 4.69) is 17.5 Å². The lowest BCUT2D eigenvalue weighted by Gasteiger charge is -2.23. The molecule has 0 atom stereocenters. The minimum absolute atomic E-state index is 0.0106. The largest absolute Gasteiger partial charge is 0.399 e. The Balaban J connectivity index is 1.80. The number of carbonyl (C=O) groups excluding carboxylic acids is 1. The number of para-hydroxylation sites is 1. The molecule has 2 heterocycles. The third-order valence-corrected chi connectivity index (χ3v) is 5.17. The first kappa shape index (κ1) is 14.0. The second kappa shape index (κ2) is 5.56. The second-order valence-electron chi connectivity index (χ2n) is 5.69. The number of hydrogen-bond donors (Lipinski definition) is 1. The van der Waals surface area contributed by atoms with Gasteiger partial charge in [0, 0.05) is 28.2 Å². The van der Waals surface area contributed by atoms with Crippen LogP contribution in [0, 0.1) is 0 Å². The molecule has 0 bridgehead atoms. The first-order valence-electron chi connectivity index (χ1n) is 7.53.